The van der Waals surface area contributed by atoms with Gasteiger partial charge in [-0.05, 0) is 13.3 Å². The van der Waals surface area contributed by atoms with E-state index in [2.05, 4.69) is 31.5 Å². The Bertz CT molecular complexity index is 817. The van der Waals surface area contributed by atoms with Crippen LogP contribution in [0, 0.1) is 12.3 Å². The van der Waals surface area contributed by atoms with Crippen LogP contribution in [0.2, 0.25) is 0 Å². The lowest BCUT2D eigenvalue weighted by atomic mass is 10.4. The molecule has 2 aromatic rings. The summed E-state index contributed by atoms with van der Waals surface area (Å²) in [6.07, 6.45) is 7.09. The van der Waals surface area contributed by atoms with E-state index in [-0.39, 0.29) is 24.0 Å². The predicted octanol–water partition coefficient (Wildman–Crippen LogP) is 1.07. The summed E-state index contributed by atoms with van der Waals surface area (Å²) in [6, 6.07) is -0.366. The van der Waals surface area contributed by atoms with Gasteiger partial charge in [0.15, 0.2) is 11.5 Å². The summed E-state index contributed by atoms with van der Waals surface area (Å²) in [5.41, 5.74) is 0.150. The summed E-state index contributed by atoms with van der Waals surface area (Å²) in [7, 11) is 0. The highest BCUT2D eigenvalue weighted by molar-refractivity contribution is 5.96. The van der Waals surface area contributed by atoms with E-state index in [9.17, 15) is 9.59 Å². The van der Waals surface area contributed by atoms with Gasteiger partial charge in [0.05, 0.1) is 13.2 Å². The first-order valence-electron chi connectivity index (χ1n) is 7.72. The largest absolute Gasteiger partial charge is 0.463 e. The highest BCUT2D eigenvalue weighted by atomic mass is 16.5. The number of aromatic amines is 1. The molecule has 2 amide bonds. The molecule has 2 aromatic heterocycles. The molecule has 0 atom stereocenters. The molecule has 0 saturated carbocycles. The number of amides is 2. The van der Waals surface area contributed by atoms with Crippen molar-refractivity contribution >= 4 is 23.0 Å². The second-order valence-corrected chi connectivity index (χ2v) is 4.96. The van der Waals surface area contributed by atoms with Gasteiger partial charge in [0.1, 0.15) is 5.52 Å². The van der Waals surface area contributed by atoms with Crippen LogP contribution in [0.1, 0.15) is 26.7 Å². The van der Waals surface area contributed by atoms with E-state index in [0.717, 1.165) is 12.8 Å². The molecule has 0 bridgehead atoms. The lowest BCUT2D eigenvalue weighted by molar-refractivity contribution is 0.252. The van der Waals surface area contributed by atoms with Crippen molar-refractivity contribution in [3.63, 3.8) is 0 Å². The Kier molecular flexibility index (Phi) is 5.78. The number of nitrogens with one attached hydrogen (secondary N) is 3. The number of ether oxygens (including phenoxy) is 1. The van der Waals surface area contributed by atoms with Crippen LogP contribution in [0.5, 0.6) is 6.01 Å². The summed E-state index contributed by atoms with van der Waals surface area (Å²) in [6.45, 7) is 4.76. The second kappa shape index (κ2) is 8.01. The Labute approximate surface area is 138 Å². The molecule has 0 unspecified atom stereocenters. The minimum absolute atomic E-state index is 0.0465. The van der Waals surface area contributed by atoms with E-state index in [1.54, 1.807) is 6.92 Å². The number of H-pyrrole nitrogens is 1. The van der Waals surface area contributed by atoms with Crippen molar-refractivity contribution in [3.8, 4) is 18.4 Å². The summed E-state index contributed by atoms with van der Waals surface area (Å²) in [5.74, 6) is 2.56. The topological polar surface area (TPSA) is 114 Å². The maximum atomic E-state index is 12.0. The number of hydrogen-bond donors (Lipinski definition) is 3. The Balaban J connectivity index is 2.48. The zero-order valence-electron chi connectivity index (χ0n) is 13.7. The third-order valence-corrected chi connectivity index (χ3v) is 3.15. The molecule has 0 saturated heterocycles. The molecule has 9 heteroatoms. The quantitative estimate of drug-likeness (QED) is 0.518. The molecular weight excluding hydrogens is 312 g/mol. The van der Waals surface area contributed by atoms with Crippen molar-refractivity contribution in [2.75, 3.05) is 18.5 Å². The van der Waals surface area contributed by atoms with Crippen molar-refractivity contribution in [3.05, 3.63) is 10.5 Å². The lowest BCUT2D eigenvalue weighted by Gasteiger charge is -2.09. The number of terminal acetylenes is 1. The van der Waals surface area contributed by atoms with E-state index >= 15 is 0 Å². The van der Waals surface area contributed by atoms with Crippen LogP contribution < -0.4 is 21.1 Å². The van der Waals surface area contributed by atoms with Crippen LogP contribution in [-0.4, -0.2) is 38.7 Å². The first-order valence-corrected chi connectivity index (χ1v) is 7.72. The number of fused-ring (bicyclic) bond motifs is 1. The maximum absolute atomic E-state index is 12.0. The molecule has 2 rings (SSSR count). The predicted molar refractivity (Wildman–Crippen MR) is 90.1 cm³/mol. The first kappa shape index (κ1) is 17.3. The highest BCUT2D eigenvalue weighted by Gasteiger charge is 2.17. The van der Waals surface area contributed by atoms with Gasteiger partial charge in [-0.25, -0.2) is 9.59 Å². The molecule has 0 aromatic carbocycles. The number of carbonyl (C=O) groups excluding carboxylic acids is 1. The van der Waals surface area contributed by atoms with E-state index < -0.39 is 11.7 Å². The van der Waals surface area contributed by atoms with Crippen molar-refractivity contribution in [1.29, 1.82) is 0 Å². The first-order chi connectivity index (χ1) is 11.6. The van der Waals surface area contributed by atoms with Crippen molar-refractivity contribution in [1.82, 2.24) is 24.8 Å². The van der Waals surface area contributed by atoms with Crippen molar-refractivity contribution < 1.29 is 9.53 Å². The number of nitrogens with zero attached hydrogens (tertiary/aromatic N) is 3. The Morgan fingerprint density at radius 2 is 2.21 bits per heavy atom. The fraction of sp³-hybridized carbons (Fsp3) is 0.467. The molecule has 128 valence electrons. The molecule has 0 aliphatic carbocycles. The molecule has 0 spiro atoms. The van der Waals surface area contributed by atoms with E-state index in [4.69, 9.17) is 11.2 Å². The number of aromatic nitrogens is 4. The zero-order valence-corrected chi connectivity index (χ0v) is 13.7. The van der Waals surface area contributed by atoms with Gasteiger partial charge in [-0.3, -0.25) is 9.88 Å². The number of unbranched alkanes of at least 4 members (excludes halogenated alkanes) is 1. The average molecular weight is 332 g/mol. The molecule has 24 heavy (non-hydrogen) atoms. The van der Waals surface area contributed by atoms with Crippen LogP contribution >= 0.6 is 0 Å². The van der Waals surface area contributed by atoms with Gasteiger partial charge in [-0.1, -0.05) is 19.3 Å². The molecule has 9 nitrogen and oxygen atoms in total. The number of carbonyl (C=O) groups is 1. The van der Waals surface area contributed by atoms with Gasteiger partial charge in [0, 0.05) is 6.54 Å². The van der Waals surface area contributed by atoms with Crippen LogP contribution in [0.15, 0.2) is 4.79 Å². The third kappa shape index (κ3) is 3.84. The minimum atomic E-state index is -0.442. The second-order valence-electron chi connectivity index (χ2n) is 4.96. The van der Waals surface area contributed by atoms with Crippen molar-refractivity contribution in [2.24, 2.45) is 0 Å². The average Bonchev–Trinajstić information content (AvgIpc) is 2.85. The zero-order chi connectivity index (χ0) is 17.5. The van der Waals surface area contributed by atoms with Gasteiger partial charge in [0.25, 0.3) is 0 Å². The number of urea groups is 1. The summed E-state index contributed by atoms with van der Waals surface area (Å²) >= 11 is 0. The van der Waals surface area contributed by atoms with E-state index in [1.807, 2.05) is 6.92 Å². The van der Waals surface area contributed by atoms with Crippen LogP contribution in [-0.2, 0) is 6.54 Å². The third-order valence-electron chi connectivity index (χ3n) is 3.15. The SMILES string of the molecule is C#CCn1c(=O)[nH]c2c(NC(=O)NCC)nc(OCCCC)nc21. The Morgan fingerprint density at radius 1 is 1.42 bits per heavy atom. The molecule has 0 radical (unpaired) electrons. The van der Waals surface area contributed by atoms with Crippen molar-refractivity contribution in [2.45, 2.75) is 33.2 Å². The van der Waals surface area contributed by atoms with Gasteiger partial charge < -0.3 is 15.0 Å². The van der Waals surface area contributed by atoms with Crippen LogP contribution in [0.25, 0.3) is 11.2 Å². The van der Waals surface area contributed by atoms with Gasteiger partial charge >= 0.3 is 17.7 Å². The van der Waals surface area contributed by atoms with E-state index in [0.29, 0.717) is 18.7 Å². The Morgan fingerprint density at radius 3 is 2.88 bits per heavy atom. The number of hydrogen-bond acceptors (Lipinski definition) is 5. The monoisotopic (exact) mass is 332 g/mol. The van der Waals surface area contributed by atoms with E-state index in [1.165, 1.54) is 4.57 Å². The lowest BCUT2D eigenvalue weighted by Crippen LogP contribution is -2.28. The smallest absolute Gasteiger partial charge is 0.328 e. The molecule has 0 aliphatic heterocycles. The van der Waals surface area contributed by atoms with Gasteiger partial charge in [-0.2, -0.15) is 9.97 Å². The van der Waals surface area contributed by atoms with Gasteiger partial charge in [-0.15, -0.1) is 6.42 Å². The summed E-state index contributed by atoms with van der Waals surface area (Å²) in [4.78, 5) is 34.8. The number of anilines is 1. The number of rotatable bonds is 7. The number of imidazole rings is 1. The Hall–Kier alpha value is -3.02. The van der Waals surface area contributed by atoms with Gasteiger partial charge in [0.2, 0.25) is 0 Å². The van der Waals surface area contributed by atoms with Crippen LogP contribution in [0.4, 0.5) is 10.6 Å². The molecule has 2 heterocycles. The minimum Gasteiger partial charge on any atom is -0.463 e. The normalized spacial score (nSPS) is 10.4. The standard InChI is InChI=1S/C15H20N6O3/c1-4-7-9-24-14-19-11(18-13(22)16-6-3)10-12(20-14)21(8-5-2)15(23)17-10/h2H,4,6-9H2,1,3H3,(H,17,23)(H2,16,18,19,20,22). The fourth-order valence-electron chi connectivity index (χ4n) is 2.02. The fourth-order valence-corrected chi connectivity index (χ4v) is 2.02. The molecule has 0 aliphatic rings. The maximum Gasteiger partial charge on any atom is 0.328 e. The summed E-state index contributed by atoms with van der Waals surface area (Å²) < 4.78 is 6.79. The molecule has 3 N–H and O–H groups in total. The van der Waals surface area contributed by atoms with Crippen LogP contribution in [0.3, 0.4) is 0 Å². The molecule has 0 fully saturated rings. The molecular formula is C15H20N6O3. The summed E-state index contributed by atoms with van der Waals surface area (Å²) in [5, 5.41) is 5.18. The highest BCUT2D eigenvalue weighted by Crippen LogP contribution is 2.20.